The van der Waals surface area contributed by atoms with E-state index in [0.29, 0.717) is 16.9 Å². The molecule has 0 bridgehead atoms. The Hall–Kier alpha value is -1.30. The molecule has 4 nitrogen and oxygen atoms in total. The Kier molecular flexibility index (Phi) is 3.82. The lowest BCUT2D eigenvalue weighted by Gasteiger charge is -2.21. The molecule has 6 heteroatoms. The molecule has 1 aromatic carbocycles. The Morgan fingerprint density at radius 3 is 2.86 bits per heavy atom. The number of benzene rings is 1. The van der Waals surface area contributed by atoms with Gasteiger partial charge in [0.25, 0.3) is 0 Å². The van der Waals surface area contributed by atoms with Crippen molar-refractivity contribution >= 4 is 33.4 Å². The number of halogens is 2. The number of rotatable bonds is 2. The summed E-state index contributed by atoms with van der Waals surface area (Å²) in [5, 5.41) is 2.73. The van der Waals surface area contributed by atoms with Crippen LogP contribution in [0.1, 0.15) is 29.7 Å². The predicted octanol–water partition coefficient (Wildman–Crippen LogP) is 4.27. The molecule has 110 valence electrons. The zero-order chi connectivity index (χ0) is 15.1. The number of anilines is 1. The van der Waals surface area contributed by atoms with Gasteiger partial charge in [0.2, 0.25) is 5.88 Å². The molecule has 0 spiro atoms. The van der Waals surface area contributed by atoms with E-state index in [1.807, 2.05) is 36.2 Å². The van der Waals surface area contributed by atoms with E-state index >= 15 is 0 Å². The largest absolute Gasteiger partial charge is 0.404 e. The van der Waals surface area contributed by atoms with Crippen LogP contribution in [0.15, 0.2) is 37.9 Å². The zero-order valence-corrected chi connectivity index (χ0v) is 14.0. The highest BCUT2D eigenvalue weighted by molar-refractivity contribution is 9.10. The van der Waals surface area contributed by atoms with Gasteiger partial charge in [-0.3, -0.25) is 5.43 Å². The zero-order valence-electron chi connectivity index (χ0n) is 11.6. The molecule has 0 fully saturated rings. The van der Waals surface area contributed by atoms with Gasteiger partial charge in [0, 0.05) is 17.1 Å². The van der Waals surface area contributed by atoms with Crippen LogP contribution in [0.2, 0.25) is 5.02 Å². The number of hydrogen-bond donors (Lipinski definition) is 1. The minimum absolute atomic E-state index is 0.0805. The van der Waals surface area contributed by atoms with Crippen LogP contribution in [0.5, 0.6) is 0 Å². The molecule has 0 amide bonds. The van der Waals surface area contributed by atoms with Crippen LogP contribution in [0, 0.1) is 6.92 Å². The molecule has 1 aromatic heterocycles. The van der Waals surface area contributed by atoms with Gasteiger partial charge in [0.15, 0.2) is 0 Å². The smallest absolute Gasteiger partial charge is 0.352 e. The first-order valence-electron chi connectivity index (χ1n) is 6.59. The van der Waals surface area contributed by atoms with Crippen molar-refractivity contribution in [1.29, 1.82) is 0 Å². The molecular formula is C15H14BrClN2O2. The number of nitrogens with zero attached hydrogens (tertiary/aromatic N) is 1. The summed E-state index contributed by atoms with van der Waals surface area (Å²) in [7, 11) is 0. The molecule has 1 N–H and O–H groups in total. The van der Waals surface area contributed by atoms with Gasteiger partial charge < -0.3 is 4.42 Å². The van der Waals surface area contributed by atoms with Crippen LogP contribution >= 0.6 is 27.5 Å². The fourth-order valence-corrected chi connectivity index (χ4v) is 3.08. The van der Waals surface area contributed by atoms with E-state index in [4.69, 9.17) is 16.0 Å². The maximum atomic E-state index is 11.7. The summed E-state index contributed by atoms with van der Waals surface area (Å²) in [6, 6.07) is 7.79. The maximum Gasteiger partial charge on any atom is 0.352 e. The summed E-state index contributed by atoms with van der Waals surface area (Å²) < 4.78 is 5.79. The van der Waals surface area contributed by atoms with Crippen LogP contribution in [0.25, 0.3) is 0 Å². The highest BCUT2D eigenvalue weighted by Crippen LogP contribution is 2.39. The van der Waals surface area contributed by atoms with Crippen molar-refractivity contribution in [2.24, 2.45) is 0 Å². The Labute approximate surface area is 135 Å². The van der Waals surface area contributed by atoms with Gasteiger partial charge in [-0.2, -0.15) is 0 Å². The highest BCUT2D eigenvalue weighted by Gasteiger charge is 2.32. The summed E-state index contributed by atoms with van der Waals surface area (Å²) >= 11 is 9.49. The lowest BCUT2D eigenvalue weighted by molar-refractivity contribution is 0.268. The molecule has 0 aliphatic carbocycles. The minimum Gasteiger partial charge on any atom is -0.404 e. The Morgan fingerprint density at radius 2 is 2.14 bits per heavy atom. The number of hydrazine groups is 1. The van der Waals surface area contributed by atoms with Gasteiger partial charge in [-0.05, 0) is 47.0 Å². The summed E-state index contributed by atoms with van der Waals surface area (Å²) in [6.45, 7) is 4.60. The van der Waals surface area contributed by atoms with Crippen molar-refractivity contribution in [2.45, 2.75) is 26.4 Å². The molecular weight excluding hydrogens is 356 g/mol. The molecule has 2 aromatic rings. The average molecular weight is 370 g/mol. The molecule has 0 saturated carbocycles. The summed E-state index contributed by atoms with van der Waals surface area (Å²) in [4.78, 5) is 11.7. The lowest BCUT2D eigenvalue weighted by Crippen LogP contribution is -2.26. The van der Waals surface area contributed by atoms with Crippen LogP contribution in [0.3, 0.4) is 0 Å². The van der Waals surface area contributed by atoms with Gasteiger partial charge >= 0.3 is 5.63 Å². The topological polar surface area (TPSA) is 45.5 Å². The third-order valence-corrected chi connectivity index (χ3v) is 5.07. The van der Waals surface area contributed by atoms with Crippen molar-refractivity contribution in [3.63, 3.8) is 0 Å². The molecule has 3 rings (SSSR count). The molecule has 21 heavy (non-hydrogen) atoms. The fourth-order valence-electron chi connectivity index (χ4n) is 2.59. The van der Waals surface area contributed by atoms with Crippen LogP contribution < -0.4 is 11.1 Å². The highest BCUT2D eigenvalue weighted by atomic mass is 79.9. The van der Waals surface area contributed by atoms with Gasteiger partial charge in [-0.15, -0.1) is 0 Å². The van der Waals surface area contributed by atoms with Crippen LogP contribution in [-0.4, -0.2) is 5.01 Å². The standard InChI is InChI=1S/C15H14BrClN2O2/c1-8-12-9(2)19(7-10-5-3-4-6-11(10)17)18-14(12)21-15(20)13(8)16/h3-6,9,18H,7H2,1-2H3. The molecule has 0 radical (unpaired) electrons. The van der Waals surface area contributed by atoms with Crippen molar-refractivity contribution < 1.29 is 4.42 Å². The van der Waals surface area contributed by atoms with Crippen molar-refractivity contribution in [1.82, 2.24) is 5.01 Å². The normalized spacial score (nSPS) is 17.6. The van der Waals surface area contributed by atoms with Crippen molar-refractivity contribution in [3.8, 4) is 0 Å². The van der Waals surface area contributed by atoms with E-state index in [-0.39, 0.29) is 11.7 Å². The van der Waals surface area contributed by atoms with E-state index in [1.165, 1.54) is 0 Å². The number of nitrogens with one attached hydrogen (secondary N) is 1. The number of fused-ring (bicyclic) bond motifs is 1. The molecule has 1 aliphatic heterocycles. The minimum atomic E-state index is -0.370. The Bertz CT molecular complexity index is 760. The van der Waals surface area contributed by atoms with Crippen LogP contribution in [-0.2, 0) is 6.54 Å². The monoisotopic (exact) mass is 368 g/mol. The van der Waals surface area contributed by atoms with Gasteiger partial charge in [-0.25, -0.2) is 9.80 Å². The van der Waals surface area contributed by atoms with E-state index in [2.05, 4.69) is 28.3 Å². The molecule has 0 saturated heterocycles. The molecule has 1 atom stereocenters. The summed E-state index contributed by atoms with van der Waals surface area (Å²) in [6.07, 6.45) is 0. The lowest BCUT2D eigenvalue weighted by atomic mass is 10.1. The van der Waals surface area contributed by atoms with Gasteiger partial charge in [0.05, 0.1) is 6.04 Å². The van der Waals surface area contributed by atoms with E-state index in [9.17, 15) is 4.79 Å². The summed E-state index contributed by atoms with van der Waals surface area (Å²) in [5.41, 5.74) is 5.70. The second kappa shape index (κ2) is 5.48. The van der Waals surface area contributed by atoms with E-state index in [1.54, 1.807) is 0 Å². The van der Waals surface area contributed by atoms with Gasteiger partial charge in [-0.1, -0.05) is 29.8 Å². The third-order valence-electron chi connectivity index (χ3n) is 3.78. The molecule has 2 heterocycles. The van der Waals surface area contributed by atoms with Crippen molar-refractivity contribution in [2.75, 3.05) is 5.43 Å². The first-order chi connectivity index (χ1) is 9.99. The molecule has 1 aliphatic rings. The fraction of sp³-hybridized carbons (Fsp3) is 0.267. The summed E-state index contributed by atoms with van der Waals surface area (Å²) in [5.74, 6) is 0.514. The first kappa shape index (κ1) is 14.6. The molecule has 1 unspecified atom stereocenters. The predicted molar refractivity (Wildman–Crippen MR) is 86.4 cm³/mol. The average Bonchev–Trinajstić information content (AvgIpc) is 2.75. The van der Waals surface area contributed by atoms with E-state index < -0.39 is 0 Å². The third kappa shape index (κ3) is 2.50. The first-order valence-corrected chi connectivity index (χ1v) is 7.76. The van der Waals surface area contributed by atoms with E-state index in [0.717, 1.165) is 21.7 Å². The second-order valence-corrected chi connectivity index (χ2v) is 6.28. The van der Waals surface area contributed by atoms with Crippen LogP contribution in [0.4, 0.5) is 5.88 Å². The Morgan fingerprint density at radius 1 is 1.43 bits per heavy atom. The second-order valence-electron chi connectivity index (χ2n) is 5.08. The number of hydrogen-bond acceptors (Lipinski definition) is 4. The quantitative estimate of drug-likeness (QED) is 0.859. The van der Waals surface area contributed by atoms with Gasteiger partial charge in [0.1, 0.15) is 4.47 Å². The van der Waals surface area contributed by atoms with Crippen molar-refractivity contribution in [3.05, 3.63) is 60.9 Å². The Balaban J connectivity index is 1.94. The maximum absolute atomic E-state index is 11.7. The SMILES string of the molecule is Cc1c2c(oc(=O)c1Br)NN(Cc1ccccc1Cl)C2C.